The summed E-state index contributed by atoms with van der Waals surface area (Å²) >= 11 is 1.38. The minimum absolute atomic E-state index is 0.766. The highest BCUT2D eigenvalue weighted by Crippen LogP contribution is 2.19. The van der Waals surface area contributed by atoms with Crippen molar-refractivity contribution in [3.8, 4) is 12.3 Å². The lowest BCUT2D eigenvalue weighted by Crippen LogP contribution is -1.91. The van der Waals surface area contributed by atoms with E-state index >= 15 is 0 Å². The molecule has 0 radical (unpaired) electrons. The van der Waals surface area contributed by atoms with E-state index in [1.165, 1.54) is 11.3 Å². The van der Waals surface area contributed by atoms with Crippen molar-refractivity contribution < 1.29 is 5.11 Å². The second-order valence-electron chi connectivity index (χ2n) is 1.87. The normalized spacial score (nSPS) is 12.5. The van der Waals surface area contributed by atoms with Gasteiger partial charge in [-0.3, -0.25) is 0 Å². The number of hydrogen-bond donors (Lipinski definition) is 1. The topological polar surface area (TPSA) is 33.1 Å². The minimum atomic E-state index is -0.785. The largest absolute Gasteiger partial charge is 0.375 e. The number of rotatable bonds is 1. The first-order valence-electron chi connectivity index (χ1n) is 2.80. The molecule has 0 unspecified atom stereocenters. The molecule has 0 spiro atoms. The molecule has 0 saturated carbocycles. The molecule has 1 aromatic rings. The van der Waals surface area contributed by atoms with Gasteiger partial charge in [-0.1, -0.05) is 5.92 Å². The Morgan fingerprint density at radius 1 is 1.90 bits per heavy atom. The molecule has 10 heavy (non-hydrogen) atoms. The van der Waals surface area contributed by atoms with Gasteiger partial charge < -0.3 is 5.11 Å². The van der Waals surface area contributed by atoms with E-state index in [9.17, 15) is 0 Å². The van der Waals surface area contributed by atoms with Crippen LogP contribution in [0.1, 0.15) is 16.7 Å². The SMILES string of the molecule is C#C[C@H](O)c1scnc1C. The van der Waals surface area contributed by atoms with Gasteiger partial charge in [-0.05, 0) is 6.92 Å². The summed E-state index contributed by atoms with van der Waals surface area (Å²) in [6.45, 7) is 1.83. The Labute approximate surface area is 63.5 Å². The predicted octanol–water partition coefficient (Wildman–Crippen LogP) is 1.12. The maximum atomic E-state index is 9.13. The van der Waals surface area contributed by atoms with Gasteiger partial charge in [0.25, 0.3) is 0 Å². The molecule has 1 rings (SSSR count). The molecule has 0 bridgehead atoms. The Morgan fingerprint density at radius 3 is 3.00 bits per heavy atom. The summed E-state index contributed by atoms with van der Waals surface area (Å²) in [7, 11) is 0. The van der Waals surface area contributed by atoms with E-state index in [4.69, 9.17) is 11.5 Å². The number of nitrogens with zero attached hydrogens (tertiary/aromatic N) is 1. The second kappa shape index (κ2) is 2.82. The third kappa shape index (κ3) is 1.18. The number of hydrogen-bond acceptors (Lipinski definition) is 3. The zero-order valence-electron chi connectivity index (χ0n) is 5.53. The van der Waals surface area contributed by atoms with E-state index < -0.39 is 6.10 Å². The van der Waals surface area contributed by atoms with Gasteiger partial charge in [0.2, 0.25) is 0 Å². The standard InChI is InChI=1S/C7H7NOS/c1-3-6(9)7-5(2)8-4-10-7/h1,4,6,9H,2H3/t6-/m0/s1. The van der Waals surface area contributed by atoms with Gasteiger partial charge in [-0.25, -0.2) is 4.98 Å². The molecule has 0 aliphatic heterocycles. The lowest BCUT2D eigenvalue weighted by Gasteiger charge is -1.97. The number of thiazole rings is 1. The van der Waals surface area contributed by atoms with E-state index in [0.717, 1.165) is 10.6 Å². The Morgan fingerprint density at radius 2 is 2.60 bits per heavy atom. The molecule has 0 aliphatic carbocycles. The molecule has 0 saturated heterocycles. The van der Waals surface area contributed by atoms with Gasteiger partial charge in [0.05, 0.1) is 16.1 Å². The van der Waals surface area contributed by atoms with Gasteiger partial charge in [0.15, 0.2) is 6.10 Å². The average molecular weight is 153 g/mol. The fourth-order valence-electron chi connectivity index (χ4n) is 0.649. The summed E-state index contributed by atoms with van der Waals surface area (Å²) in [4.78, 5) is 4.71. The highest BCUT2D eigenvalue weighted by molar-refractivity contribution is 7.09. The molecular formula is C7H7NOS. The first-order chi connectivity index (χ1) is 4.75. The number of aliphatic hydroxyl groups excluding tert-OH is 1. The number of terminal acetylenes is 1. The van der Waals surface area contributed by atoms with Crippen molar-refractivity contribution >= 4 is 11.3 Å². The van der Waals surface area contributed by atoms with Crippen LogP contribution in [0.4, 0.5) is 0 Å². The molecule has 1 atom stereocenters. The van der Waals surface area contributed by atoms with Crippen LogP contribution >= 0.6 is 11.3 Å². The Hall–Kier alpha value is -0.850. The van der Waals surface area contributed by atoms with Crippen LogP contribution in [0.25, 0.3) is 0 Å². The van der Waals surface area contributed by atoms with Gasteiger partial charge in [-0.2, -0.15) is 0 Å². The van der Waals surface area contributed by atoms with Gasteiger partial charge in [0, 0.05) is 0 Å². The summed E-state index contributed by atoms with van der Waals surface area (Å²) < 4.78 is 0. The molecule has 0 fully saturated rings. The highest BCUT2D eigenvalue weighted by atomic mass is 32.1. The van der Waals surface area contributed by atoms with Crippen LogP contribution in [0.3, 0.4) is 0 Å². The van der Waals surface area contributed by atoms with Crippen molar-refractivity contribution in [1.29, 1.82) is 0 Å². The second-order valence-corrected chi connectivity index (χ2v) is 2.76. The summed E-state index contributed by atoms with van der Waals surface area (Å²) in [5.41, 5.74) is 2.49. The number of aromatic nitrogens is 1. The fraction of sp³-hybridized carbons (Fsp3) is 0.286. The smallest absolute Gasteiger partial charge is 0.150 e. The quantitative estimate of drug-likeness (QED) is 0.613. The van der Waals surface area contributed by atoms with Crippen LogP contribution < -0.4 is 0 Å². The van der Waals surface area contributed by atoms with E-state index in [0.29, 0.717) is 0 Å². The predicted molar refractivity (Wildman–Crippen MR) is 40.6 cm³/mol. The molecule has 3 heteroatoms. The van der Waals surface area contributed by atoms with Crippen LogP contribution in [-0.2, 0) is 0 Å². The summed E-state index contributed by atoms with van der Waals surface area (Å²) in [5, 5.41) is 9.13. The van der Waals surface area contributed by atoms with Gasteiger partial charge in [0.1, 0.15) is 0 Å². The van der Waals surface area contributed by atoms with E-state index in [1.54, 1.807) is 5.51 Å². The third-order valence-corrected chi connectivity index (χ3v) is 2.17. The monoisotopic (exact) mass is 153 g/mol. The third-order valence-electron chi connectivity index (χ3n) is 1.19. The van der Waals surface area contributed by atoms with Crippen molar-refractivity contribution in [2.45, 2.75) is 13.0 Å². The molecule has 52 valence electrons. The van der Waals surface area contributed by atoms with Crippen molar-refractivity contribution in [2.24, 2.45) is 0 Å². The van der Waals surface area contributed by atoms with Crippen molar-refractivity contribution in [3.05, 3.63) is 16.1 Å². The van der Waals surface area contributed by atoms with Crippen LogP contribution in [-0.4, -0.2) is 10.1 Å². The first kappa shape index (κ1) is 7.26. The minimum Gasteiger partial charge on any atom is -0.375 e. The maximum absolute atomic E-state index is 9.13. The summed E-state index contributed by atoms with van der Waals surface area (Å²) in [5.74, 6) is 2.23. The number of aryl methyl sites for hydroxylation is 1. The Bertz CT molecular complexity index is 261. The fourth-order valence-corrected chi connectivity index (χ4v) is 1.39. The van der Waals surface area contributed by atoms with Crippen molar-refractivity contribution in [1.82, 2.24) is 4.98 Å². The van der Waals surface area contributed by atoms with Crippen molar-refractivity contribution in [2.75, 3.05) is 0 Å². The Kier molecular flexibility index (Phi) is 2.05. The lowest BCUT2D eigenvalue weighted by molar-refractivity contribution is 0.241. The van der Waals surface area contributed by atoms with E-state index in [-0.39, 0.29) is 0 Å². The average Bonchev–Trinajstić information content (AvgIpc) is 2.34. The van der Waals surface area contributed by atoms with Crippen LogP contribution in [0.5, 0.6) is 0 Å². The molecule has 1 aromatic heterocycles. The molecule has 1 heterocycles. The molecule has 1 N–H and O–H groups in total. The highest BCUT2D eigenvalue weighted by Gasteiger charge is 2.08. The lowest BCUT2D eigenvalue weighted by atomic mass is 10.3. The maximum Gasteiger partial charge on any atom is 0.150 e. The molecule has 0 aliphatic rings. The van der Waals surface area contributed by atoms with Crippen LogP contribution in [0.15, 0.2) is 5.51 Å². The van der Waals surface area contributed by atoms with Gasteiger partial charge >= 0.3 is 0 Å². The first-order valence-corrected chi connectivity index (χ1v) is 3.68. The molecular weight excluding hydrogens is 146 g/mol. The molecule has 0 amide bonds. The van der Waals surface area contributed by atoms with Crippen LogP contribution in [0.2, 0.25) is 0 Å². The summed E-state index contributed by atoms with van der Waals surface area (Å²) in [6.07, 6.45) is 4.23. The van der Waals surface area contributed by atoms with Gasteiger partial charge in [-0.15, -0.1) is 17.8 Å². The van der Waals surface area contributed by atoms with Crippen molar-refractivity contribution in [3.63, 3.8) is 0 Å². The van der Waals surface area contributed by atoms with E-state index in [1.807, 2.05) is 6.92 Å². The van der Waals surface area contributed by atoms with Crippen LogP contribution in [0, 0.1) is 19.3 Å². The molecule has 0 aromatic carbocycles. The number of aliphatic hydroxyl groups is 1. The molecule has 2 nitrogen and oxygen atoms in total. The zero-order valence-corrected chi connectivity index (χ0v) is 6.35. The Balaban J connectivity index is 2.96. The summed E-state index contributed by atoms with van der Waals surface area (Å²) in [6, 6.07) is 0. The van der Waals surface area contributed by atoms with E-state index in [2.05, 4.69) is 10.9 Å². The zero-order chi connectivity index (χ0) is 7.56.